The van der Waals surface area contributed by atoms with Crippen molar-refractivity contribution in [2.45, 2.75) is 44.7 Å². The highest BCUT2D eigenvalue weighted by Crippen LogP contribution is 2.27. The average molecular weight is 377 g/mol. The van der Waals surface area contributed by atoms with Crippen molar-refractivity contribution >= 4 is 6.03 Å². The van der Waals surface area contributed by atoms with Gasteiger partial charge in [-0.15, -0.1) is 0 Å². The van der Waals surface area contributed by atoms with Crippen LogP contribution in [0, 0.1) is 17.2 Å². The van der Waals surface area contributed by atoms with Gasteiger partial charge >= 0.3 is 6.03 Å². The lowest BCUT2D eigenvalue weighted by molar-refractivity contribution is 0.217. The average Bonchev–Trinajstić information content (AvgIpc) is 2.73. The van der Waals surface area contributed by atoms with Crippen molar-refractivity contribution in [2.75, 3.05) is 6.61 Å². The highest BCUT2D eigenvalue weighted by Gasteiger charge is 2.26. The van der Waals surface area contributed by atoms with E-state index in [1.807, 2.05) is 30.3 Å². The van der Waals surface area contributed by atoms with Gasteiger partial charge in [-0.2, -0.15) is 5.26 Å². The standard InChI is InChI=1S/C23H27N3O2/c24-13-14-28-21-11-6-9-19(16-21)17-25-23(27)26-22-12-5-4-10-20(22)15-18-7-2-1-3-8-18/h1-3,6-9,11,16,20,22H,4-5,10,12,14-15,17H2,(H2,25,26,27). The van der Waals surface area contributed by atoms with Gasteiger partial charge in [-0.3, -0.25) is 0 Å². The minimum Gasteiger partial charge on any atom is -0.479 e. The summed E-state index contributed by atoms with van der Waals surface area (Å²) < 4.78 is 5.31. The van der Waals surface area contributed by atoms with Gasteiger partial charge in [0, 0.05) is 12.6 Å². The Hall–Kier alpha value is -3.00. The Labute approximate surface area is 166 Å². The Morgan fingerprint density at radius 3 is 2.68 bits per heavy atom. The van der Waals surface area contributed by atoms with E-state index in [1.165, 1.54) is 12.0 Å². The van der Waals surface area contributed by atoms with Crippen molar-refractivity contribution in [1.29, 1.82) is 5.26 Å². The van der Waals surface area contributed by atoms with E-state index in [-0.39, 0.29) is 18.7 Å². The Bertz CT molecular complexity index is 801. The van der Waals surface area contributed by atoms with Gasteiger partial charge in [-0.25, -0.2) is 4.79 Å². The quantitative estimate of drug-likeness (QED) is 0.760. The number of carbonyl (C=O) groups is 1. The number of nitrogens with zero attached hydrogens (tertiary/aromatic N) is 1. The predicted octanol–water partition coefficient (Wildman–Crippen LogP) is 4.19. The molecule has 2 unspecified atom stereocenters. The first-order valence-electron chi connectivity index (χ1n) is 9.91. The molecule has 0 heterocycles. The maximum atomic E-state index is 12.4. The van der Waals surface area contributed by atoms with Crippen LogP contribution in [0.5, 0.6) is 5.75 Å². The minimum absolute atomic E-state index is 0.0157. The summed E-state index contributed by atoms with van der Waals surface area (Å²) in [5.41, 5.74) is 2.27. The summed E-state index contributed by atoms with van der Waals surface area (Å²) in [7, 11) is 0. The van der Waals surface area contributed by atoms with Gasteiger partial charge in [-0.1, -0.05) is 55.3 Å². The minimum atomic E-state index is -0.131. The molecule has 2 amide bonds. The number of ether oxygens (including phenoxy) is 1. The van der Waals surface area contributed by atoms with Crippen molar-refractivity contribution in [2.24, 2.45) is 5.92 Å². The van der Waals surface area contributed by atoms with Crippen LogP contribution < -0.4 is 15.4 Å². The van der Waals surface area contributed by atoms with Crippen molar-refractivity contribution < 1.29 is 9.53 Å². The van der Waals surface area contributed by atoms with Crippen LogP contribution in [0.25, 0.3) is 0 Å². The molecule has 5 heteroatoms. The van der Waals surface area contributed by atoms with Crippen LogP contribution in [0.15, 0.2) is 54.6 Å². The molecule has 0 spiro atoms. The first-order chi connectivity index (χ1) is 13.7. The normalized spacial score (nSPS) is 18.7. The number of amides is 2. The highest BCUT2D eigenvalue weighted by molar-refractivity contribution is 5.74. The Kier molecular flexibility index (Phi) is 7.31. The molecule has 1 aliphatic carbocycles. The Balaban J connectivity index is 1.51. The van der Waals surface area contributed by atoms with Crippen LogP contribution in [0.3, 0.4) is 0 Å². The Morgan fingerprint density at radius 2 is 1.86 bits per heavy atom. The lowest BCUT2D eigenvalue weighted by atomic mass is 9.81. The molecule has 146 valence electrons. The van der Waals surface area contributed by atoms with E-state index in [0.717, 1.165) is 31.2 Å². The fraction of sp³-hybridized carbons (Fsp3) is 0.391. The third kappa shape index (κ3) is 6.02. The zero-order valence-electron chi connectivity index (χ0n) is 16.1. The van der Waals surface area contributed by atoms with Gasteiger partial charge < -0.3 is 15.4 Å². The van der Waals surface area contributed by atoms with Crippen molar-refractivity contribution in [3.05, 3.63) is 65.7 Å². The Morgan fingerprint density at radius 1 is 1.07 bits per heavy atom. The lowest BCUT2D eigenvalue weighted by Crippen LogP contribution is -2.47. The molecule has 2 aromatic rings. The number of carbonyl (C=O) groups excluding carboxylic acids is 1. The molecule has 0 radical (unpaired) electrons. The highest BCUT2D eigenvalue weighted by atomic mass is 16.5. The SMILES string of the molecule is N#CCOc1cccc(CNC(=O)NC2CCCCC2Cc2ccccc2)c1. The van der Waals surface area contributed by atoms with Gasteiger partial charge in [-0.05, 0) is 48.4 Å². The van der Waals surface area contributed by atoms with E-state index in [0.29, 0.717) is 18.2 Å². The summed E-state index contributed by atoms with van der Waals surface area (Å²) in [6.07, 6.45) is 5.58. The third-order valence-corrected chi connectivity index (χ3v) is 5.22. The topological polar surface area (TPSA) is 74.1 Å². The predicted molar refractivity (Wildman–Crippen MR) is 109 cm³/mol. The maximum absolute atomic E-state index is 12.4. The summed E-state index contributed by atoms with van der Waals surface area (Å²) in [5, 5.41) is 14.7. The molecule has 0 bridgehead atoms. The smallest absolute Gasteiger partial charge is 0.315 e. The number of nitriles is 1. The first kappa shape index (κ1) is 19.8. The zero-order chi connectivity index (χ0) is 19.6. The fourth-order valence-corrected chi connectivity index (χ4v) is 3.82. The van der Waals surface area contributed by atoms with Gasteiger partial charge in [0.1, 0.15) is 11.8 Å². The molecule has 1 saturated carbocycles. The van der Waals surface area contributed by atoms with E-state index in [9.17, 15) is 4.79 Å². The molecule has 28 heavy (non-hydrogen) atoms. The zero-order valence-corrected chi connectivity index (χ0v) is 16.1. The van der Waals surface area contributed by atoms with Crippen LogP contribution >= 0.6 is 0 Å². The van der Waals surface area contributed by atoms with E-state index in [2.05, 4.69) is 34.9 Å². The largest absolute Gasteiger partial charge is 0.479 e. The maximum Gasteiger partial charge on any atom is 0.315 e. The second kappa shape index (κ2) is 10.4. The van der Waals surface area contributed by atoms with Crippen molar-refractivity contribution in [3.63, 3.8) is 0 Å². The van der Waals surface area contributed by atoms with E-state index in [1.54, 1.807) is 6.07 Å². The van der Waals surface area contributed by atoms with Crippen molar-refractivity contribution in [1.82, 2.24) is 10.6 Å². The van der Waals surface area contributed by atoms with Crippen LogP contribution in [-0.4, -0.2) is 18.7 Å². The summed E-state index contributed by atoms with van der Waals surface area (Å²) in [6.45, 7) is 0.438. The molecule has 0 aromatic heterocycles. The van der Waals surface area contributed by atoms with Gasteiger partial charge in [0.15, 0.2) is 6.61 Å². The molecule has 2 N–H and O–H groups in total. The van der Waals surface area contributed by atoms with E-state index >= 15 is 0 Å². The number of urea groups is 1. The molecule has 2 atom stereocenters. The summed E-state index contributed by atoms with van der Waals surface area (Å²) in [5.74, 6) is 1.11. The van der Waals surface area contributed by atoms with E-state index < -0.39 is 0 Å². The number of nitrogens with one attached hydrogen (secondary N) is 2. The third-order valence-electron chi connectivity index (χ3n) is 5.22. The van der Waals surface area contributed by atoms with Gasteiger partial charge in [0.05, 0.1) is 0 Å². The van der Waals surface area contributed by atoms with Crippen molar-refractivity contribution in [3.8, 4) is 11.8 Å². The van der Waals surface area contributed by atoms with Crippen LogP contribution in [0.4, 0.5) is 4.79 Å². The molecule has 2 aromatic carbocycles. The number of hydrogen-bond donors (Lipinski definition) is 2. The van der Waals surface area contributed by atoms with Crippen LogP contribution in [0.1, 0.15) is 36.8 Å². The van der Waals surface area contributed by atoms with Gasteiger partial charge in [0.2, 0.25) is 0 Å². The number of hydrogen-bond acceptors (Lipinski definition) is 3. The molecule has 3 rings (SSSR count). The molecule has 0 saturated heterocycles. The lowest BCUT2D eigenvalue weighted by Gasteiger charge is -2.32. The molecule has 0 aliphatic heterocycles. The van der Waals surface area contributed by atoms with E-state index in [4.69, 9.17) is 10.00 Å². The summed E-state index contributed by atoms with van der Waals surface area (Å²) >= 11 is 0. The molecule has 1 fully saturated rings. The number of benzene rings is 2. The molecular formula is C23H27N3O2. The monoisotopic (exact) mass is 377 g/mol. The second-order valence-electron chi connectivity index (χ2n) is 7.26. The molecule has 5 nitrogen and oxygen atoms in total. The second-order valence-corrected chi connectivity index (χ2v) is 7.26. The van der Waals surface area contributed by atoms with Crippen LogP contribution in [-0.2, 0) is 13.0 Å². The summed E-state index contributed by atoms with van der Waals surface area (Å²) in [4.78, 5) is 12.4. The fourth-order valence-electron chi connectivity index (χ4n) is 3.82. The summed E-state index contributed by atoms with van der Waals surface area (Å²) in [6, 6.07) is 20.0. The van der Waals surface area contributed by atoms with Crippen LogP contribution in [0.2, 0.25) is 0 Å². The molecular weight excluding hydrogens is 350 g/mol. The first-order valence-corrected chi connectivity index (χ1v) is 9.91. The number of rotatable bonds is 7. The van der Waals surface area contributed by atoms with Gasteiger partial charge in [0.25, 0.3) is 0 Å². The molecule has 1 aliphatic rings.